The average molecular weight is 400 g/mol. The second-order valence-electron chi connectivity index (χ2n) is 6.04. The number of aromatic carboxylic acids is 1. The first-order valence-corrected chi connectivity index (χ1v) is 8.43. The van der Waals surface area contributed by atoms with Crippen LogP contribution in [0.5, 0.6) is 0 Å². The molecule has 2 aromatic carbocycles. The van der Waals surface area contributed by atoms with Gasteiger partial charge in [-0.25, -0.2) is 9.59 Å². The number of hydrogen-bond acceptors (Lipinski definition) is 4. The van der Waals surface area contributed by atoms with Crippen LogP contribution in [0.1, 0.15) is 21.5 Å². The number of fused-ring (bicyclic) bond motifs is 1. The zero-order valence-corrected chi connectivity index (χ0v) is 15.1. The van der Waals surface area contributed by atoms with Gasteiger partial charge in [0.15, 0.2) is 0 Å². The summed E-state index contributed by atoms with van der Waals surface area (Å²) in [6, 6.07) is 11.4. The van der Waals surface area contributed by atoms with Gasteiger partial charge in [0.25, 0.3) is 5.78 Å². The van der Waals surface area contributed by atoms with E-state index in [1.807, 2.05) is 0 Å². The highest BCUT2D eigenvalue weighted by atomic mass is 35.5. The molecule has 3 aromatic rings. The van der Waals surface area contributed by atoms with Gasteiger partial charge in [-0.1, -0.05) is 23.7 Å². The molecule has 0 atom stereocenters. The van der Waals surface area contributed by atoms with Crippen LogP contribution in [-0.4, -0.2) is 37.6 Å². The Morgan fingerprint density at radius 1 is 1.04 bits per heavy atom. The molecule has 28 heavy (non-hydrogen) atoms. The zero-order valence-electron chi connectivity index (χ0n) is 14.3. The number of aliphatic hydroxyl groups is 1. The van der Waals surface area contributed by atoms with Crippen molar-refractivity contribution in [2.24, 2.45) is 0 Å². The highest BCUT2D eigenvalue weighted by molar-refractivity contribution is 6.38. The number of carbonyl (C=O) groups excluding carboxylic acids is 1. The molecule has 3 N–H and O–H groups in total. The minimum atomic E-state index is -1.68. The van der Waals surface area contributed by atoms with Crippen molar-refractivity contribution >= 4 is 46.0 Å². The lowest BCUT2D eigenvalue weighted by Crippen LogP contribution is -2.09. The SMILES string of the molecule is O=C(O)C(=O)/C=C(/O)c1cn(Cc2cccc(C(=O)O)c2)c2ccc(Cl)cc12. The molecule has 0 aliphatic rings. The Morgan fingerprint density at radius 3 is 2.46 bits per heavy atom. The summed E-state index contributed by atoms with van der Waals surface area (Å²) in [5.74, 6) is -4.48. The van der Waals surface area contributed by atoms with Gasteiger partial charge >= 0.3 is 11.9 Å². The number of aromatic nitrogens is 1. The fourth-order valence-electron chi connectivity index (χ4n) is 2.87. The van der Waals surface area contributed by atoms with Gasteiger partial charge in [-0.3, -0.25) is 4.79 Å². The number of ketones is 1. The molecule has 0 saturated carbocycles. The van der Waals surface area contributed by atoms with Crippen molar-refractivity contribution in [3.05, 3.63) is 76.5 Å². The van der Waals surface area contributed by atoms with Gasteiger partial charge in [0.1, 0.15) is 5.76 Å². The lowest BCUT2D eigenvalue weighted by molar-refractivity contribution is -0.146. The Balaban J connectivity index is 2.09. The minimum Gasteiger partial charge on any atom is -0.507 e. The largest absolute Gasteiger partial charge is 0.507 e. The van der Waals surface area contributed by atoms with Crippen molar-refractivity contribution in [1.82, 2.24) is 4.57 Å². The van der Waals surface area contributed by atoms with E-state index in [-0.39, 0.29) is 11.1 Å². The van der Waals surface area contributed by atoms with Crippen LogP contribution < -0.4 is 0 Å². The number of aliphatic hydroxyl groups excluding tert-OH is 1. The molecule has 0 unspecified atom stereocenters. The Bertz CT molecular complexity index is 1140. The van der Waals surface area contributed by atoms with Gasteiger partial charge < -0.3 is 19.9 Å². The van der Waals surface area contributed by atoms with Gasteiger partial charge in [0, 0.05) is 40.3 Å². The number of carboxylic acid groups (broad SMARTS) is 2. The van der Waals surface area contributed by atoms with E-state index in [1.165, 1.54) is 12.1 Å². The second-order valence-corrected chi connectivity index (χ2v) is 6.47. The summed E-state index contributed by atoms with van der Waals surface area (Å²) >= 11 is 6.04. The van der Waals surface area contributed by atoms with Gasteiger partial charge in [-0.15, -0.1) is 0 Å². The molecule has 1 aromatic heterocycles. The fourth-order valence-corrected chi connectivity index (χ4v) is 3.04. The molecule has 1 heterocycles. The molecule has 0 aliphatic carbocycles. The summed E-state index contributed by atoms with van der Waals surface area (Å²) in [5, 5.41) is 29.1. The van der Waals surface area contributed by atoms with Crippen molar-refractivity contribution in [2.45, 2.75) is 6.54 Å². The number of aliphatic carboxylic acids is 1. The first kappa shape index (κ1) is 19.2. The number of nitrogens with zero attached hydrogens (tertiary/aromatic N) is 1. The van der Waals surface area contributed by atoms with E-state index >= 15 is 0 Å². The predicted molar refractivity (Wildman–Crippen MR) is 103 cm³/mol. The van der Waals surface area contributed by atoms with Crippen molar-refractivity contribution in [1.29, 1.82) is 0 Å². The normalized spacial score (nSPS) is 11.5. The fraction of sp³-hybridized carbons (Fsp3) is 0.0500. The third-order valence-electron chi connectivity index (χ3n) is 4.12. The summed E-state index contributed by atoms with van der Waals surface area (Å²) in [5.41, 5.74) is 1.76. The molecule has 0 fully saturated rings. The van der Waals surface area contributed by atoms with Crippen molar-refractivity contribution < 1.29 is 29.7 Å². The third kappa shape index (κ3) is 3.89. The maximum atomic E-state index is 11.4. The summed E-state index contributed by atoms with van der Waals surface area (Å²) in [6.07, 6.45) is 2.18. The van der Waals surface area contributed by atoms with Gasteiger partial charge in [-0.05, 0) is 35.9 Å². The van der Waals surface area contributed by atoms with E-state index in [0.717, 1.165) is 0 Å². The smallest absolute Gasteiger partial charge is 0.376 e. The number of carbonyl (C=O) groups is 3. The molecule has 0 saturated heterocycles. The van der Waals surface area contributed by atoms with Crippen molar-refractivity contribution in [3.8, 4) is 0 Å². The molecule has 8 heteroatoms. The minimum absolute atomic E-state index is 0.145. The Kier molecular flexibility index (Phi) is 5.19. The van der Waals surface area contributed by atoms with Crippen LogP contribution in [0.25, 0.3) is 16.7 Å². The van der Waals surface area contributed by atoms with E-state index in [9.17, 15) is 19.5 Å². The molecule has 0 spiro atoms. The topological polar surface area (TPSA) is 117 Å². The van der Waals surface area contributed by atoms with E-state index in [4.69, 9.17) is 21.8 Å². The second kappa shape index (κ2) is 7.58. The van der Waals surface area contributed by atoms with Crippen LogP contribution in [0.4, 0.5) is 0 Å². The molecular formula is C20H14ClNO6. The molecule has 142 valence electrons. The first-order chi connectivity index (χ1) is 13.3. The maximum Gasteiger partial charge on any atom is 0.376 e. The number of rotatable bonds is 6. The summed E-state index contributed by atoms with van der Waals surface area (Å²) in [7, 11) is 0. The van der Waals surface area contributed by atoms with Gasteiger partial charge in [0.2, 0.25) is 0 Å². The van der Waals surface area contributed by atoms with Crippen LogP contribution in [0, 0.1) is 0 Å². The highest BCUT2D eigenvalue weighted by Gasteiger charge is 2.16. The molecule has 0 radical (unpaired) electrons. The Morgan fingerprint density at radius 2 is 1.79 bits per heavy atom. The highest BCUT2D eigenvalue weighted by Crippen LogP contribution is 2.29. The van der Waals surface area contributed by atoms with E-state index in [2.05, 4.69) is 0 Å². The molecular weight excluding hydrogens is 386 g/mol. The summed E-state index contributed by atoms with van der Waals surface area (Å²) in [6.45, 7) is 0.291. The first-order valence-electron chi connectivity index (χ1n) is 8.05. The van der Waals surface area contributed by atoms with Gasteiger partial charge in [-0.2, -0.15) is 0 Å². The van der Waals surface area contributed by atoms with Crippen LogP contribution in [0.15, 0.2) is 54.7 Å². The molecule has 7 nitrogen and oxygen atoms in total. The number of carboxylic acids is 2. The number of benzene rings is 2. The van der Waals surface area contributed by atoms with Crippen molar-refractivity contribution in [3.63, 3.8) is 0 Å². The predicted octanol–water partition coefficient (Wildman–Crippen LogP) is 3.59. The van der Waals surface area contributed by atoms with Crippen LogP contribution in [0.3, 0.4) is 0 Å². The molecule has 0 bridgehead atoms. The quantitative estimate of drug-likeness (QED) is 0.331. The summed E-state index contributed by atoms with van der Waals surface area (Å²) < 4.78 is 1.75. The lowest BCUT2D eigenvalue weighted by Gasteiger charge is -2.06. The van der Waals surface area contributed by atoms with Gasteiger partial charge in [0.05, 0.1) is 5.56 Å². The number of hydrogen-bond donors (Lipinski definition) is 3. The van der Waals surface area contributed by atoms with E-state index < -0.39 is 23.5 Å². The van der Waals surface area contributed by atoms with Crippen LogP contribution >= 0.6 is 11.6 Å². The van der Waals surface area contributed by atoms with Crippen LogP contribution in [-0.2, 0) is 16.1 Å². The monoisotopic (exact) mass is 399 g/mol. The third-order valence-corrected chi connectivity index (χ3v) is 4.36. The lowest BCUT2D eigenvalue weighted by atomic mass is 10.1. The zero-order chi connectivity index (χ0) is 20.4. The maximum absolute atomic E-state index is 11.4. The average Bonchev–Trinajstić information content (AvgIpc) is 2.99. The van der Waals surface area contributed by atoms with Crippen LogP contribution in [0.2, 0.25) is 5.02 Å². The molecule has 3 rings (SSSR count). The Hall–Kier alpha value is -3.58. The molecule has 0 aliphatic heterocycles. The standard InChI is InChI=1S/C20H14ClNO6/c21-13-4-5-16-14(7-13)15(17(23)8-18(24)20(27)28)10-22(16)9-11-2-1-3-12(6-11)19(25)26/h1-8,10,23H,9H2,(H,25,26)(H,27,28)/b17-8+. The van der Waals surface area contributed by atoms with Crippen molar-refractivity contribution in [2.75, 3.05) is 0 Å². The van der Waals surface area contributed by atoms with E-state index in [1.54, 1.807) is 41.1 Å². The molecule has 0 amide bonds. The van der Waals surface area contributed by atoms with E-state index in [0.29, 0.717) is 34.1 Å². The Labute approximate surface area is 163 Å². The number of halogens is 1. The summed E-state index contributed by atoms with van der Waals surface area (Å²) in [4.78, 5) is 33.3.